The van der Waals surface area contributed by atoms with Crippen LogP contribution in [-0.4, -0.2) is 68.3 Å². The molecule has 1 N–H and O–H groups in total. The maximum Gasteiger partial charge on any atom is 0.232 e. The van der Waals surface area contributed by atoms with E-state index in [1.807, 2.05) is 9.58 Å². The molecule has 0 unspecified atom stereocenters. The van der Waals surface area contributed by atoms with Crippen LogP contribution in [0.25, 0.3) is 0 Å². The molecule has 2 aliphatic rings. The maximum absolute atomic E-state index is 12.5. The quantitative estimate of drug-likeness (QED) is 0.745. The summed E-state index contributed by atoms with van der Waals surface area (Å²) >= 11 is 1.74. The summed E-state index contributed by atoms with van der Waals surface area (Å²) in [5, 5.41) is 14.0. The van der Waals surface area contributed by atoms with Crippen molar-refractivity contribution in [2.45, 2.75) is 45.9 Å². The molecule has 0 aliphatic carbocycles. The van der Waals surface area contributed by atoms with Gasteiger partial charge in [0.2, 0.25) is 5.91 Å². The molecule has 1 fully saturated rings. The third-order valence-corrected chi connectivity index (χ3v) is 5.92. The van der Waals surface area contributed by atoms with Crippen LogP contribution in [0.5, 0.6) is 0 Å². The van der Waals surface area contributed by atoms with Gasteiger partial charge in [0.1, 0.15) is 0 Å². The third-order valence-electron chi connectivity index (χ3n) is 5.00. The van der Waals surface area contributed by atoms with Crippen molar-refractivity contribution < 1.29 is 9.90 Å². The van der Waals surface area contributed by atoms with Crippen LogP contribution in [0.15, 0.2) is 0 Å². The summed E-state index contributed by atoms with van der Waals surface area (Å²) in [6, 6.07) is 0. The Hall–Kier alpha value is -1.05. The van der Waals surface area contributed by atoms with Crippen LogP contribution in [0, 0.1) is 0 Å². The van der Waals surface area contributed by atoms with E-state index in [2.05, 4.69) is 16.9 Å². The molecule has 0 spiro atoms. The van der Waals surface area contributed by atoms with Gasteiger partial charge >= 0.3 is 0 Å². The van der Waals surface area contributed by atoms with Gasteiger partial charge in [-0.25, -0.2) is 0 Å². The van der Waals surface area contributed by atoms with Crippen molar-refractivity contribution in [3.8, 4) is 0 Å². The molecule has 0 bridgehead atoms. The molecule has 0 radical (unpaired) electrons. The average molecular weight is 353 g/mol. The van der Waals surface area contributed by atoms with Crippen LogP contribution < -0.4 is 0 Å². The normalized spacial score (nSPS) is 18.2. The highest BCUT2D eigenvalue weighted by Crippen LogP contribution is 2.23. The minimum absolute atomic E-state index is 0.0536. The zero-order valence-corrected chi connectivity index (χ0v) is 15.4. The molecule has 0 saturated carbocycles. The number of fused-ring (bicyclic) bond motifs is 1. The topological polar surface area (TPSA) is 61.6 Å². The Morgan fingerprint density at radius 3 is 2.79 bits per heavy atom. The molecular weight excluding hydrogens is 324 g/mol. The van der Waals surface area contributed by atoms with Crippen LogP contribution >= 0.6 is 11.8 Å². The van der Waals surface area contributed by atoms with Gasteiger partial charge in [-0.2, -0.15) is 16.9 Å². The van der Waals surface area contributed by atoms with Crippen LogP contribution in [0.3, 0.4) is 0 Å². The first-order valence-corrected chi connectivity index (χ1v) is 10.1. The first-order chi connectivity index (χ1) is 11.7. The van der Waals surface area contributed by atoms with E-state index >= 15 is 0 Å². The van der Waals surface area contributed by atoms with Crippen molar-refractivity contribution >= 4 is 17.7 Å². The molecule has 3 rings (SSSR count). The van der Waals surface area contributed by atoms with Gasteiger partial charge in [0.05, 0.1) is 18.1 Å². The van der Waals surface area contributed by atoms with Crippen molar-refractivity contribution in [1.82, 2.24) is 19.6 Å². The number of carbonyl (C=O) groups is 1. The van der Waals surface area contributed by atoms with Crippen LogP contribution in [0.1, 0.15) is 36.7 Å². The molecule has 1 aromatic heterocycles. The minimum atomic E-state index is -0.0536. The molecule has 6 nitrogen and oxygen atoms in total. The summed E-state index contributed by atoms with van der Waals surface area (Å²) in [6.45, 7) is 7.70. The number of aryl methyl sites for hydroxylation is 1. The SMILES string of the molecule is CCn1nc(CO)c2c1CCN(C(=O)CSCCN1CCCC1)C2. The van der Waals surface area contributed by atoms with Gasteiger partial charge in [-0.3, -0.25) is 9.48 Å². The Morgan fingerprint density at radius 2 is 2.08 bits per heavy atom. The number of aliphatic hydroxyl groups is 1. The minimum Gasteiger partial charge on any atom is -0.390 e. The number of likely N-dealkylation sites (tertiary alicyclic amines) is 1. The highest BCUT2D eigenvalue weighted by atomic mass is 32.2. The predicted octanol–water partition coefficient (Wildman–Crippen LogP) is 1.11. The molecule has 1 amide bonds. The lowest BCUT2D eigenvalue weighted by Crippen LogP contribution is -2.37. The molecule has 3 heterocycles. The van der Waals surface area contributed by atoms with Crippen LogP contribution in [-0.2, 0) is 30.9 Å². The number of amides is 1. The molecule has 1 saturated heterocycles. The summed E-state index contributed by atoms with van der Waals surface area (Å²) in [4.78, 5) is 16.9. The maximum atomic E-state index is 12.5. The van der Waals surface area contributed by atoms with Gasteiger partial charge < -0.3 is 14.9 Å². The van der Waals surface area contributed by atoms with E-state index in [1.54, 1.807) is 11.8 Å². The Bertz CT molecular complexity index is 569. The van der Waals surface area contributed by atoms with Gasteiger partial charge in [0.15, 0.2) is 0 Å². The summed E-state index contributed by atoms with van der Waals surface area (Å²) < 4.78 is 1.97. The van der Waals surface area contributed by atoms with E-state index < -0.39 is 0 Å². The Kier molecular flexibility index (Phi) is 6.19. The smallest absolute Gasteiger partial charge is 0.232 e. The number of thioether (sulfide) groups is 1. The van der Waals surface area contributed by atoms with E-state index in [0.717, 1.165) is 43.1 Å². The van der Waals surface area contributed by atoms with E-state index in [9.17, 15) is 9.90 Å². The lowest BCUT2D eigenvalue weighted by atomic mass is 10.1. The summed E-state index contributed by atoms with van der Waals surface area (Å²) in [6.07, 6.45) is 3.47. The highest BCUT2D eigenvalue weighted by Gasteiger charge is 2.26. The van der Waals surface area contributed by atoms with Crippen molar-refractivity contribution in [2.75, 3.05) is 37.7 Å². The first-order valence-electron chi connectivity index (χ1n) is 8.99. The van der Waals surface area contributed by atoms with E-state index in [4.69, 9.17) is 0 Å². The van der Waals surface area contributed by atoms with Crippen molar-refractivity contribution in [3.63, 3.8) is 0 Å². The average Bonchev–Trinajstić information content (AvgIpc) is 3.25. The van der Waals surface area contributed by atoms with Gasteiger partial charge in [-0.05, 0) is 32.9 Å². The van der Waals surface area contributed by atoms with Crippen LogP contribution in [0.2, 0.25) is 0 Å². The molecule has 7 heteroatoms. The van der Waals surface area contributed by atoms with Crippen molar-refractivity contribution in [1.29, 1.82) is 0 Å². The Balaban J connectivity index is 1.49. The largest absolute Gasteiger partial charge is 0.390 e. The number of rotatable bonds is 7. The number of hydrogen-bond donors (Lipinski definition) is 1. The Morgan fingerprint density at radius 1 is 1.29 bits per heavy atom. The van der Waals surface area contributed by atoms with Gasteiger partial charge in [-0.15, -0.1) is 0 Å². The summed E-state index contributed by atoms with van der Waals surface area (Å²) in [5.41, 5.74) is 2.97. The molecule has 0 aromatic carbocycles. The van der Waals surface area contributed by atoms with Crippen molar-refractivity contribution in [2.24, 2.45) is 0 Å². The highest BCUT2D eigenvalue weighted by molar-refractivity contribution is 7.99. The van der Waals surface area contributed by atoms with Gasteiger partial charge in [-0.1, -0.05) is 0 Å². The van der Waals surface area contributed by atoms with Crippen LogP contribution in [0.4, 0.5) is 0 Å². The predicted molar refractivity (Wildman–Crippen MR) is 95.9 cm³/mol. The lowest BCUT2D eigenvalue weighted by Gasteiger charge is -2.28. The van der Waals surface area contributed by atoms with Gasteiger partial charge in [0, 0.05) is 49.6 Å². The van der Waals surface area contributed by atoms with Crippen molar-refractivity contribution in [3.05, 3.63) is 17.0 Å². The standard InChI is InChI=1S/C17H28N4O2S/c1-2-21-16-5-8-20(11-14(16)15(12-22)18-21)17(23)13-24-10-9-19-6-3-4-7-19/h22H,2-13H2,1H3. The van der Waals surface area contributed by atoms with E-state index in [1.165, 1.54) is 31.6 Å². The number of aliphatic hydroxyl groups excluding tert-OH is 1. The summed E-state index contributed by atoms with van der Waals surface area (Å²) in [7, 11) is 0. The lowest BCUT2D eigenvalue weighted by molar-refractivity contribution is -0.129. The first kappa shape index (κ1) is 17.8. The monoisotopic (exact) mass is 352 g/mol. The number of carbonyl (C=O) groups excluding carboxylic acids is 1. The number of nitrogens with zero attached hydrogens (tertiary/aromatic N) is 4. The molecule has 0 atom stereocenters. The molecular formula is C17H28N4O2S. The zero-order valence-electron chi connectivity index (χ0n) is 14.5. The number of hydrogen-bond acceptors (Lipinski definition) is 5. The second kappa shape index (κ2) is 8.36. The fourth-order valence-corrected chi connectivity index (χ4v) is 4.50. The fourth-order valence-electron chi connectivity index (χ4n) is 3.61. The van der Waals surface area contributed by atoms with E-state index in [0.29, 0.717) is 12.3 Å². The second-order valence-corrected chi connectivity index (χ2v) is 7.62. The molecule has 1 aromatic rings. The van der Waals surface area contributed by atoms with E-state index in [-0.39, 0.29) is 12.5 Å². The number of aromatic nitrogens is 2. The molecule has 134 valence electrons. The Labute approximate surface area is 148 Å². The molecule has 2 aliphatic heterocycles. The third kappa shape index (κ3) is 3.95. The molecule has 24 heavy (non-hydrogen) atoms. The summed E-state index contributed by atoms with van der Waals surface area (Å²) in [5.74, 6) is 1.79. The fraction of sp³-hybridized carbons (Fsp3) is 0.765. The van der Waals surface area contributed by atoms with Gasteiger partial charge in [0.25, 0.3) is 0 Å². The zero-order chi connectivity index (χ0) is 16.9. The second-order valence-electron chi connectivity index (χ2n) is 6.51.